The third kappa shape index (κ3) is 6.07. The van der Waals surface area contributed by atoms with Gasteiger partial charge in [-0.05, 0) is 73.9 Å². The molecule has 0 aliphatic carbocycles. The van der Waals surface area contributed by atoms with Crippen molar-refractivity contribution in [3.05, 3.63) is 98.5 Å². The second-order valence-electron chi connectivity index (χ2n) is 7.38. The second kappa shape index (κ2) is 10.1. The molecule has 3 aromatic rings. The molecule has 0 fully saturated rings. The maximum Gasteiger partial charge on any atom is 0.266 e. The molecule has 4 nitrogen and oxygen atoms in total. The normalized spacial score (nSPS) is 11.0. The smallest absolute Gasteiger partial charge is 0.266 e. The summed E-state index contributed by atoms with van der Waals surface area (Å²) in [6.45, 7) is 6.41. The van der Waals surface area contributed by atoms with Gasteiger partial charge in [-0.1, -0.05) is 51.8 Å². The molecule has 3 rings (SSSR count). The number of aryl methyl sites for hydroxylation is 3. The molecule has 0 saturated heterocycles. The number of hydrogen-bond acceptors (Lipinski definition) is 3. The van der Waals surface area contributed by atoms with Crippen molar-refractivity contribution >= 4 is 33.6 Å². The fourth-order valence-corrected chi connectivity index (χ4v) is 3.43. The van der Waals surface area contributed by atoms with Crippen LogP contribution in [0.1, 0.15) is 27.8 Å². The molecule has 0 radical (unpaired) electrons. The molecular weight excluding hydrogens is 452 g/mol. The largest absolute Gasteiger partial charge is 0.488 e. The molecule has 3 aromatic carbocycles. The number of benzene rings is 3. The quantitative estimate of drug-likeness (QED) is 0.327. The zero-order valence-electron chi connectivity index (χ0n) is 17.7. The lowest BCUT2D eigenvalue weighted by atomic mass is 10.1. The van der Waals surface area contributed by atoms with Crippen LogP contribution in [0.25, 0.3) is 6.08 Å². The second-order valence-corrected chi connectivity index (χ2v) is 8.30. The Morgan fingerprint density at radius 2 is 1.87 bits per heavy atom. The standard InChI is InChI=1S/C26H23BrN2O2/c1-17-5-4-6-20(11-17)16-31-25-10-8-23(27)14-21(25)13-22(15-28)26(30)29-24-9-7-18(2)19(3)12-24/h4-14H,16H2,1-3H3,(H,29,30)/b22-13+. The lowest BCUT2D eigenvalue weighted by molar-refractivity contribution is -0.112. The summed E-state index contributed by atoms with van der Waals surface area (Å²) in [7, 11) is 0. The van der Waals surface area contributed by atoms with Crippen LogP contribution in [0, 0.1) is 32.1 Å². The number of ether oxygens (including phenoxy) is 1. The zero-order valence-corrected chi connectivity index (χ0v) is 19.3. The summed E-state index contributed by atoms with van der Waals surface area (Å²) >= 11 is 3.45. The van der Waals surface area contributed by atoms with Gasteiger partial charge >= 0.3 is 0 Å². The summed E-state index contributed by atoms with van der Waals surface area (Å²) in [5.41, 5.74) is 5.71. The maximum atomic E-state index is 12.7. The van der Waals surface area contributed by atoms with E-state index in [9.17, 15) is 10.1 Å². The van der Waals surface area contributed by atoms with Crippen molar-refractivity contribution < 1.29 is 9.53 Å². The van der Waals surface area contributed by atoms with E-state index >= 15 is 0 Å². The van der Waals surface area contributed by atoms with Gasteiger partial charge in [0.1, 0.15) is 24.0 Å². The van der Waals surface area contributed by atoms with Crippen LogP contribution in [0.2, 0.25) is 0 Å². The van der Waals surface area contributed by atoms with E-state index in [1.54, 1.807) is 6.08 Å². The van der Waals surface area contributed by atoms with Crippen molar-refractivity contribution in [1.82, 2.24) is 0 Å². The Morgan fingerprint density at radius 3 is 2.58 bits per heavy atom. The van der Waals surface area contributed by atoms with Gasteiger partial charge in [0.05, 0.1) is 0 Å². The van der Waals surface area contributed by atoms with Crippen molar-refractivity contribution in [3.63, 3.8) is 0 Å². The molecule has 1 N–H and O–H groups in total. The predicted molar refractivity (Wildman–Crippen MR) is 128 cm³/mol. The first-order valence-corrected chi connectivity index (χ1v) is 10.6. The van der Waals surface area contributed by atoms with Gasteiger partial charge in [-0.2, -0.15) is 5.26 Å². The average Bonchev–Trinajstić information content (AvgIpc) is 2.74. The molecule has 0 atom stereocenters. The van der Waals surface area contributed by atoms with Gasteiger partial charge in [0.15, 0.2) is 0 Å². The molecule has 31 heavy (non-hydrogen) atoms. The highest BCUT2D eigenvalue weighted by Crippen LogP contribution is 2.27. The number of anilines is 1. The van der Waals surface area contributed by atoms with E-state index in [4.69, 9.17) is 4.74 Å². The number of nitriles is 1. The van der Waals surface area contributed by atoms with Crippen molar-refractivity contribution in [1.29, 1.82) is 5.26 Å². The van der Waals surface area contributed by atoms with Crippen LogP contribution < -0.4 is 10.1 Å². The maximum absolute atomic E-state index is 12.7. The highest BCUT2D eigenvalue weighted by molar-refractivity contribution is 9.10. The molecule has 0 bridgehead atoms. The molecule has 0 heterocycles. The number of nitrogens with zero attached hydrogens (tertiary/aromatic N) is 1. The zero-order chi connectivity index (χ0) is 22.4. The summed E-state index contributed by atoms with van der Waals surface area (Å²) < 4.78 is 6.83. The number of carbonyl (C=O) groups excluding carboxylic acids is 1. The Morgan fingerprint density at radius 1 is 1.06 bits per heavy atom. The van der Waals surface area contributed by atoms with Gasteiger partial charge in [0.2, 0.25) is 0 Å². The monoisotopic (exact) mass is 474 g/mol. The fraction of sp³-hybridized carbons (Fsp3) is 0.154. The summed E-state index contributed by atoms with van der Waals surface area (Å²) in [5.74, 6) is 0.131. The fourth-order valence-electron chi connectivity index (χ4n) is 3.05. The summed E-state index contributed by atoms with van der Waals surface area (Å²) in [6.07, 6.45) is 1.55. The average molecular weight is 475 g/mol. The Labute approximate surface area is 191 Å². The topological polar surface area (TPSA) is 62.1 Å². The van der Waals surface area contributed by atoms with Crippen LogP contribution in [0.15, 0.2) is 70.7 Å². The number of nitrogens with one attached hydrogen (secondary N) is 1. The van der Waals surface area contributed by atoms with Crippen LogP contribution in [-0.4, -0.2) is 5.91 Å². The molecule has 0 aliphatic rings. The van der Waals surface area contributed by atoms with Crippen LogP contribution in [0.3, 0.4) is 0 Å². The van der Waals surface area contributed by atoms with Crippen LogP contribution >= 0.6 is 15.9 Å². The molecule has 0 aromatic heterocycles. The lowest BCUT2D eigenvalue weighted by Gasteiger charge is -2.11. The molecule has 0 spiro atoms. The summed E-state index contributed by atoms with van der Waals surface area (Å²) in [5, 5.41) is 12.4. The summed E-state index contributed by atoms with van der Waals surface area (Å²) in [4.78, 5) is 12.7. The van der Waals surface area contributed by atoms with Gasteiger partial charge in [0, 0.05) is 15.7 Å². The van der Waals surface area contributed by atoms with Gasteiger partial charge in [0.25, 0.3) is 5.91 Å². The van der Waals surface area contributed by atoms with Crippen molar-refractivity contribution in [3.8, 4) is 11.8 Å². The molecule has 1 amide bonds. The first kappa shape index (κ1) is 22.3. The van der Waals surface area contributed by atoms with Crippen LogP contribution in [0.5, 0.6) is 5.75 Å². The molecule has 5 heteroatoms. The highest BCUT2D eigenvalue weighted by atomic mass is 79.9. The highest BCUT2D eigenvalue weighted by Gasteiger charge is 2.12. The lowest BCUT2D eigenvalue weighted by Crippen LogP contribution is -2.13. The van der Waals surface area contributed by atoms with E-state index in [0.717, 1.165) is 26.7 Å². The van der Waals surface area contributed by atoms with Gasteiger partial charge in [-0.3, -0.25) is 4.79 Å². The van der Waals surface area contributed by atoms with Crippen LogP contribution in [-0.2, 0) is 11.4 Å². The molecule has 0 aliphatic heterocycles. The number of hydrogen-bond donors (Lipinski definition) is 1. The van der Waals surface area contributed by atoms with E-state index in [1.165, 1.54) is 0 Å². The third-order valence-corrected chi connectivity index (χ3v) is 5.37. The first-order chi connectivity index (χ1) is 14.9. The van der Waals surface area contributed by atoms with Crippen LogP contribution in [0.4, 0.5) is 5.69 Å². The number of halogens is 1. The van der Waals surface area contributed by atoms with Crippen molar-refractivity contribution in [2.75, 3.05) is 5.32 Å². The Hall–Kier alpha value is -3.36. The van der Waals surface area contributed by atoms with Gasteiger partial charge in [-0.15, -0.1) is 0 Å². The van der Waals surface area contributed by atoms with E-state index in [1.807, 2.05) is 81.4 Å². The SMILES string of the molecule is Cc1cccc(COc2ccc(Br)cc2/C=C(\C#N)C(=O)Nc2ccc(C)c(C)c2)c1. The first-order valence-electron chi connectivity index (χ1n) is 9.84. The van der Waals surface area contributed by atoms with Crippen molar-refractivity contribution in [2.45, 2.75) is 27.4 Å². The van der Waals surface area contributed by atoms with Gasteiger partial charge in [-0.25, -0.2) is 0 Å². The Balaban J connectivity index is 1.83. The predicted octanol–water partition coefficient (Wildman–Crippen LogP) is 6.50. The van der Waals surface area contributed by atoms with E-state index in [2.05, 4.69) is 27.3 Å². The Bertz CT molecular complexity index is 1190. The minimum Gasteiger partial charge on any atom is -0.488 e. The number of amides is 1. The number of rotatable bonds is 6. The minimum atomic E-state index is -0.463. The van der Waals surface area contributed by atoms with Gasteiger partial charge < -0.3 is 10.1 Å². The summed E-state index contributed by atoms with van der Waals surface area (Å²) in [6, 6.07) is 21.2. The van der Waals surface area contributed by atoms with E-state index in [-0.39, 0.29) is 5.57 Å². The third-order valence-electron chi connectivity index (χ3n) is 4.88. The van der Waals surface area contributed by atoms with E-state index < -0.39 is 5.91 Å². The van der Waals surface area contributed by atoms with Crippen molar-refractivity contribution in [2.24, 2.45) is 0 Å². The van der Waals surface area contributed by atoms with E-state index in [0.29, 0.717) is 23.6 Å². The molecule has 0 saturated carbocycles. The molecule has 0 unspecified atom stereocenters. The molecular formula is C26H23BrN2O2. The Kier molecular flexibility index (Phi) is 7.28. The molecule has 156 valence electrons. The number of carbonyl (C=O) groups is 1. The minimum absolute atomic E-state index is 0.00302.